The van der Waals surface area contributed by atoms with E-state index in [1.54, 1.807) is 12.1 Å². The number of rotatable bonds is 3. The van der Waals surface area contributed by atoms with E-state index in [4.69, 9.17) is 5.73 Å². The van der Waals surface area contributed by atoms with Crippen LogP contribution in [0.4, 0.5) is 11.5 Å². The summed E-state index contributed by atoms with van der Waals surface area (Å²) in [6.45, 7) is 5.61. The fourth-order valence-electron chi connectivity index (χ4n) is 1.25. The molecule has 0 bridgehead atoms. The van der Waals surface area contributed by atoms with Crippen LogP contribution in [0.3, 0.4) is 0 Å². The first-order valence-corrected chi connectivity index (χ1v) is 6.55. The Labute approximate surface area is 96.1 Å². The molecule has 1 aromatic heterocycles. The normalized spacial score (nSPS) is 12.4. The van der Waals surface area contributed by atoms with Gasteiger partial charge in [-0.25, -0.2) is 13.4 Å². The van der Waals surface area contributed by atoms with Crippen LogP contribution in [0, 0.1) is 5.41 Å². The Kier molecular flexibility index (Phi) is 3.42. The quantitative estimate of drug-likeness (QED) is 0.841. The third kappa shape index (κ3) is 4.48. The van der Waals surface area contributed by atoms with Gasteiger partial charge in [-0.3, -0.25) is 4.72 Å². The molecule has 3 N–H and O–H groups in total. The maximum atomic E-state index is 11.7. The minimum atomic E-state index is -3.34. The minimum absolute atomic E-state index is 0.0599. The van der Waals surface area contributed by atoms with Crippen LogP contribution >= 0.6 is 0 Å². The topological polar surface area (TPSA) is 85.1 Å². The molecule has 0 atom stereocenters. The van der Waals surface area contributed by atoms with Gasteiger partial charge in [0.15, 0.2) is 0 Å². The van der Waals surface area contributed by atoms with Crippen LogP contribution in [0.5, 0.6) is 0 Å². The Morgan fingerprint density at radius 3 is 2.44 bits per heavy atom. The molecular formula is C10H17N3O2S. The average molecular weight is 243 g/mol. The van der Waals surface area contributed by atoms with Gasteiger partial charge in [0.25, 0.3) is 0 Å². The number of aromatic nitrogens is 1. The smallest absolute Gasteiger partial charge is 0.233 e. The molecule has 90 valence electrons. The Balaban J connectivity index is 2.77. The lowest BCUT2D eigenvalue weighted by atomic mass is 10.0. The first kappa shape index (κ1) is 12.8. The van der Waals surface area contributed by atoms with E-state index in [1.165, 1.54) is 6.20 Å². The summed E-state index contributed by atoms with van der Waals surface area (Å²) in [7, 11) is -3.34. The summed E-state index contributed by atoms with van der Waals surface area (Å²) in [6.07, 6.45) is 1.40. The van der Waals surface area contributed by atoms with Gasteiger partial charge in [-0.05, 0) is 17.5 Å². The van der Waals surface area contributed by atoms with Gasteiger partial charge in [0.1, 0.15) is 5.82 Å². The standard InChI is InChI=1S/C10H17N3O2S/c1-10(2,3)7-16(14,15)13-8-4-5-9(11)12-6-8/h4-6,13H,7H2,1-3H3,(H2,11,12). The van der Waals surface area contributed by atoms with Crippen molar-refractivity contribution in [2.75, 3.05) is 16.2 Å². The monoisotopic (exact) mass is 243 g/mol. The highest BCUT2D eigenvalue weighted by atomic mass is 32.2. The van der Waals surface area contributed by atoms with E-state index in [9.17, 15) is 8.42 Å². The maximum Gasteiger partial charge on any atom is 0.233 e. The van der Waals surface area contributed by atoms with Crippen LogP contribution in [0.25, 0.3) is 0 Å². The minimum Gasteiger partial charge on any atom is -0.384 e. The molecule has 0 unspecified atom stereocenters. The number of nitrogens with zero attached hydrogens (tertiary/aromatic N) is 1. The Hall–Kier alpha value is -1.30. The molecule has 0 fully saturated rings. The lowest BCUT2D eigenvalue weighted by Gasteiger charge is -2.18. The highest BCUT2D eigenvalue weighted by Crippen LogP contribution is 2.18. The fourth-order valence-corrected chi connectivity index (χ4v) is 2.94. The summed E-state index contributed by atoms with van der Waals surface area (Å²) in [5.41, 5.74) is 5.55. The first-order valence-electron chi connectivity index (χ1n) is 4.90. The molecule has 6 heteroatoms. The van der Waals surface area contributed by atoms with Crippen molar-refractivity contribution in [1.29, 1.82) is 0 Å². The molecule has 16 heavy (non-hydrogen) atoms. The number of nitrogen functional groups attached to an aromatic ring is 1. The number of hydrogen-bond donors (Lipinski definition) is 2. The summed E-state index contributed by atoms with van der Waals surface area (Å²) in [5.74, 6) is 0.420. The fraction of sp³-hybridized carbons (Fsp3) is 0.500. The zero-order valence-electron chi connectivity index (χ0n) is 9.69. The van der Waals surface area contributed by atoms with Crippen molar-refractivity contribution in [2.24, 2.45) is 5.41 Å². The molecule has 1 rings (SSSR count). The van der Waals surface area contributed by atoms with Crippen molar-refractivity contribution in [3.05, 3.63) is 18.3 Å². The van der Waals surface area contributed by atoms with Crippen molar-refractivity contribution < 1.29 is 8.42 Å². The molecule has 0 aliphatic rings. The van der Waals surface area contributed by atoms with Crippen molar-refractivity contribution in [3.63, 3.8) is 0 Å². The van der Waals surface area contributed by atoms with E-state index in [-0.39, 0.29) is 11.2 Å². The van der Waals surface area contributed by atoms with Crippen LogP contribution in [0.1, 0.15) is 20.8 Å². The summed E-state index contributed by atoms with van der Waals surface area (Å²) in [4.78, 5) is 3.81. The van der Waals surface area contributed by atoms with E-state index in [1.807, 2.05) is 20.8 Å². The van der Waals surface area contributed by atoms with E-state index >= 15 is 0 Å². The summed E-state index contributed by atoms with van der Waals surface area (Å²) < 4.78 is 25.9. The van der Waals surface area contributed by atoms with Crippen LogP contribution in [-0.2, 0) is 10.0 Å². The van der Waals surface area contributed by atoms with Crippen molar-refractivity contribution >= 4 is 21.5 Å². The van der Waals surface area contributed by atoms with E-state index in [0.29, 0.717) is 11.5 Å². The molecule has 0 aliphatic heterocycles. The number of pyridine rings is 1. The number of hydrogen-bond acceptors (Lipinski definition) is 4. The molecular weight excluding hydrogens is 226 g/mol. The molecule has 1 aromatic rings. The van der Waals surface area contributed by atoms with Crippen LogP contribution in [0.2, 0.25) is 0 Å². The molecule has 1 heterocycles. The van der Waals surface area contributed by atoms with Gasteiger partial charge in [0, 0.05) is 0 Å². The van der Waals surface area contributed by atoms with E-state index in [0.717, 1.165) is 0 Å². The summed E-state index contributed by atoms with van der Waals surface area (Å²) in [5, 5.41) is 0. The van der Waals surface area contributed by atoms with E-state index < -0.39 is 10.0 Å². The van der Waals surface area contributed by atoms with Gasteiger partial charge in [-0.2, -0.15) is 0 Å². The van der Waals surface area contributed by atoms with Crippen molar-refractivity contribution in [3.8, 4) is 0 Å². The molecule has 0 saturated heterocycles. The van der Waals surface area contributed by atoms with Gasteiger partial charge < -0.3 is 5.73 Å². The third-order valence-electron chi connectivity index (χ3n) is 1.68. The Bertz CT molecular complexity index is 446. The molecule has 5 nitrogen and oxygen atoms in total. The third-order valence-corrected chi connectivity index (χ3v) is 3.48. The number of sulfonamides is 1. The second-order valence-corrected chi connectivity index (χ2v) is 6.62. The van der Waals surface area contributed by atoms with Gasteiger partial charge in [-0.1, -0.05) is 20.8 Å². The summed E-state index contributed by atoms with van der Waals surface area (Å²) >= 11 is 0. The molecule has 0 aromatic carbocycles. The summed E-state index contributed by atoms with van der Waals surface area (Å²) in [6, 6.07) is 3.14. The maximum absolute atomic E-state index is 11.7. The number of nitrogens with two attached hydrogens (primary N) is 1. The van der Waals surface area contributed by atoms with Gasteiger partial charge >= 0.3 is 0 Å². The van der Waals surface area contributed by atoms with Gasteiger partial charge in [-0.15, -0.1) is 0 Å². The zero-order valence-corrected chi connectivity index (χ0v) is 10.5. The number of anilines is 2. The lowest BCUT2D eigenvalue weighted by molar-refractivity contribution is 0.463. The van der Waals surface area contributed by atoms with Crippen molar-refractivity contribution in [1.82, 2.24) is 4.98 Å². The number of nitrogens with one attached hydrogen (secondary N) is 1. The van der Waals surface area contributed by atoms with Crippen molar-refractivity contribution in [2.45, 2.75) is 20.8 Å². The molecule has 0 aliphatic carbocycles. The largest absolute Gasteiger partial charge is 0.384 e. The highest BCUT2D eigenvalue weighted by Gasteiger charge is 2.21. The van der Waals surface area contributed by atoms with Crippen LogP contribution in [-0.4, -0.2) is 19.2 Å². The Morgan fingerprint density at radius 2 is 2.00 bits per heavy atom. The second-order valence-electron chi connectivity index (χ2n) is 4.89. The molecule has 0 spiro atoms. The SMILES string of the molecule is CC(C)(C)CS(=O)(=O)Nc1ccc(N)nc1. The van der Waals surface area contributed by atoms with Crippen LogP contribution in [0.15, 0.2) is 18.3 Å². The predicted molar refractivity (Wildman–Crippen MR) is 65.5 cm³/mol. The van der Waals surface area contributed by atoms with Gasteiger partial charge in [0.2, 0.25) is 10.0 Å². The predicted octanol–water partition coefficient (Wildman–Crippen LogP) is 1.45. The lowest BCUT2D eigenvalue weighted by Crippen LogP contribution is -2.26. The Morgan fingerprint density at radius 1 is 1.38 bits per heavy atom. The molecule has 0 amide bonds. The van der Waals surface area contributed by atoms with Crippen LogP contribution < -0.4 is 10.5 Å². The van der Waals surface area contributed by atoms with Gasteiger partial charge in [0.05, 0.1) is 17.6 Å². The second kappa shape index (κ2) is 4.29. The van der Waals surface area contributed by atoms with E-state index in [2.05, 4.69) is 9.71 Å². The zero-order chi connectivity index (χ0) is 12.4. The highest BCUT2D eigenvalue weighted by molar-refractivity contribution is 7.92. The molecule has 0 saturated carbocycles. The first-order chi connectivity index (χ1) is 7.18. The molecule has 0 radical (unpaired) electrons. The average Bonchev–Trinajstić information content (AvgIpc) is 2.04.